The van der Waals surface area contributed by atoms with E-state index in [4.69, 9.17) is 4.42 Å². The molecule has 0 atom stereocenters. The molecule has 0 aliphatic heterocycles. The summed E-state index contributed by atoms with van der Waals surface area (Å²) >= 11 is 1.55. The Labute approximate surface area is 97.0 Å². The van der Waals surface area contributed by atoms with Crippen LogP contribution >= 0.6 is 11.3 Å². The van der Waals surface area contributed by atoms with Crippen molar-refractivity contribution in [2.24, 2.45) is 0 Å². The molecule has 2 heterocycles. The van der Waals surface area contributed by atoms with Gasteiger partial charge in [0.1, 0.15) is 5.76 Å². The van der Waals surface area contributed by atoms with Crippen molar-refractivity contribution in [2.45, 2.75) is 0 Å². The van der Waals surface area contributed by atoms with E-state index in [-0.39, 0.29) is 5.97 Å². The van der Waals surface area contributed by atoms with Crippen LogP contribution in [0.3, 0.4) is 0 Å². The van der Waals surface area contributed by atoms with Gasteiger partial charge in [0.2, 0.25) is 0 Å². The molecular weight excluding hydrogens is 224 g/mol. The fourth-order valence-electron chi connectivity index (χ4n) is 1.21. The average molecular weight is 234 g/mol. The summed E-state index contributed by atoms with van der Waals surface area (Å²) in [5.41, 5.74) is 0. The van der Waals surface area contributed by atoms with Crippen molar-refractivity contribution in [2.75, 3.05) is 7.11 Å². The number of rotatable bonds is 3. The quantitative estimate of drug-likeness (QED) is 0.604. The van der Waals surface area contributed by atoms with E-state index < -0.39 is 0 Å². The van der Waals surface area contributed by atoms with E-state index in [0.29, 0.717) is 0 Å². The minimum Gasteiger partial charge on any atom is -0.466 e. The number of hydrogen-bond acceptors (Lipinski definition) is 4. The molecule has 2 aromatic rings. The minimum atomic E-state index is -0.354. The van der Waals surface area contributed by atoms with Crippen LogP contribution in [0.4, 0.5) is 0 Å². The Hall–Kier alpha value is -1.81. The van der Waals surface area contributed by atoms with E-state index in [1.165, 1.54) is 13.2 Å². The summed E-state index contributed by atoms with van der Waals surface area (Å²) < 4.78 is 9.79. The van der Waals surface area contributed by atoms with E-state index in [2.05, 4.69) is 4.74 Å². The Morgan fingerprint density at radius 2 is 2.31 bits per heavy atom. The van der Waals surface area contributed by atoms with E-state index in [9.17, 15) is 4.79 Å². The van der Waals surface area contributed by atoms with Crippen LogP contribution in [0.1, 0.15) is 4.88 Å². The van der Waals surface area contributed by atoms with Gasteiger partial charge in [-0.3, -0.25) is 0 Å². The zero-order valence-corrected chi connectivity index (χ0v) is 9.49. The molecule has 0 saturated carbocycles. The average Bonchev–Trinajstić information content (AvgIpc) is 2.95. The Morgan fingerprint density at radius 1 is 1.44 bits per heavy atom. The summed E-state index contributed by atoms with van der Waals surface area (Å²) in [7, 11) is 1.36. The molecule has 0 unspecified atom stereocenters. The second-order valence-electron chi connectivity index (χ2n) is 3.04. The normalized spacial score (nSPS) is 10.8. The number of methoxy groups -OCH3 is 1. The largest absolute Gasteiger partial charge is 0.466 e. The van der Waals surface area contributed by atoms with Crippen LogP contribution in [0.15, 0.2) is 41.0 Å². The summed E-state index contributed by atoms with van der Waals surface area (Å²) in [6.07, 6.45) is 4.76. The Bertz CT molecular complexity index is 494. The molecule has 0 radical (unpaired) electrons. The number of thiophene rings is 1. The predicted octanol–water partition coefficient (Wildman–Crippen LogP) is 3.19. The lowest BCUT2D eigenvalue weighted by Crippen LogP contribution is -1.92. The van der Waals surface area contributed by atoms with Crippen LogP contribution in [0.5, 0.6) is 0 Å². The van der Waals surface area contributed by atoms with Crippen LogP contribution < -0.4 is 0 Å². The molecule has 16 heavy (non-hydrogen) atoms. The Balaban J connectivity index is 2.14. The first-order valence-corrected chi connectivity index (χ1v) is 5.51. The van der Waals surface area contributed by atoms with Gasteiger partial charge in [0.15, 0.2) is 0 Å². The number of ether oxygens (including phenoxy) is 1. The molecule has 2 aromatic heterocycles. The first kappa shape index (κ1) is 10.7. The first-order valence-electron chi connectivity index (χ1n) is 4.69. The zero-order chi connectivity index (χ0) is 11.4. The topological polar surface area (TPSA) is 39.4 Å². The van der Waals surface area contributed by atoms with Gasteiger partial charge in [-0.2, -0.15) is 0 Å². The standard InChI is InChI=1S/C12H10O3S/c1-14-12(13)7-5-9-4-6-11(16-9)10-3-2-8-15-10/h2-8H,1H3/b7-5+. The molecule has 0 bridgehead atoms. The van der Waals surface area contributed by atoms with Gasteiger partial charge >= 0.3 is 5.97 Å². The molecule has 3 nitrogen and oxygen atoms in total. The first-order chi connectivity index (χ1) is 7.79. The molecule has 0 amide bonds. The van der Waals surface area contributed by atoms with E-state index >= 15 is 0 Å². The van der Waals surface area contributed by atoms with Crippen molar-refractivity contribution in [3.8, 4) is 10.6 Å². The van der Waals surface area contributed by atoms with Gasteiger partial charge in [-0.1, -0.05) is 0 Å². The van der Waals surface area contributed by atoms with Crippen LogP contribution in [0.25, 0.3) is 16.7 Å². The fourth-order valence-corrected chi connectivity index (χ4v) is 2.09. The van der Waals surface area contributed by atoms with Crippen molar-refractivity contribution in [1.82, 2.24) is 0 Å². The molecule has 0 aliphatic carbocycles. The SMILES string of the molecule is COC(=O)/C=C/c1ccc(-c2ccco2)s1. The highest BCUT2D eigenvalue weighted by molar-refractivity contribution is 7.16. The zero-order valence-electron chi connectivity index (χ0n) is 8.67. The van der Waals surface area contributed by atoms with Gasteiger partial charge < -0.3 is 9.15 Å². The maximum Gasteiger partial charge on any atom is 0.330 e. The summed E-state index contributed by atoms with van der Waals surface area (Å²) in [6, 6.07) is 7.64. The molecule has 0 fully saturated rings. The van der Waals surface area contributed by atoms with Gasteiger partial charge in [-0.15, -0.1) is 11.3 Å². The molecule has 2 rings (SSSR count). The highest BCUT2D eigenvalue weighted by Gasteiger charge is 2.03. The van der Waals surface area contributed by atoms with Crippen molar-refractivity contribution >= 4 is 23.4 Å². The van der Waals surface area contributed by atoms with Crippen LogP contribution in [0, 0.1) is 0 Å². The number of hydrogen-bond donors (Lipinski definition) is 0. The maximum atomic E-state index is 10.9. The van der Waals surface area contributed by atoms with Gasteiger partial charge in [0.05, 0.1) is 18.3 Å². The van der Waals surface area contributed by atoms with Gasteiger partial charge in [0.25, 0.3) is 0 Å². The highest BCUT2D eigenvalue weighted by Crippen LogP contribution is 2.28. The smallest absolute Gasteiger partial charge is 0.330 e. The molecule has 4 heteroatoms. The number of esters is 1. The molecule has 0 spiro atoms. The summed E-state index contributed by atoms with van der Waals surface area (Å²) in [5, 5.41) is 0. The Kier molecular flexibility index (Phi) is 3.22. The molecule has 82 valence electrons. The monoisotopic (exact) mass is 234 g/mol. The van der Waals surface area contributed by atoms with Crippen LogP contribution in [0.2, 0.25) is 0 Å². The molecule has 0 aromatic carbocycles. The van der Waals surface area contributed by atoms with Gasteiger partial charge in [-0.05, 0) is 30.3 Å². The second-order valence-corrected chi connectivity index (χ2v) is 4.15. The number of furan rings is 1. The molecule has 0 N–H and O–H groups in total. The lowest BCUT2D eigenvalue weighted by molar-refractivity contribution is -0.134. The third kappa shape index (κ3) is 2.41. The third-order valence-corrected chi connectivity index (χ3v) is 3.04. The fraction of sp³-hybridized carbons (Fsp3) is 0.0833. The lowest BCUT2D eigenvalue weighted by atomic mass is 10.3. The molecular formula is C12H10O3S. The van der Waals surface area contributed by atoms with Crippen molar-refractivity contribution in [1.29, 1.82) is 0 Å². The summed E-state index contributed by atoms with van der Waals surface area (Å²) in [5.74, 6) is 0.482. The summed E-state index contributed by atoms with van der Waals surface area (Å²) in [6.45, 7) is 0. The second kappa shape index (κ2) is 4.81. The molecule has 0 aliphatic rings. The third-order valence-electron chi connectivity index (χ3n) is 1.98. The predicted molar refractivity (Wildman–Crippen MR) is 63.1 cm³/mol. The Morgan fingerprint density at radius 3 is 3.00 bits per heavy atom. The minimum absolute atomic E-state index is 0.354. The van der Waals surface area contributed by atoms with Crippen LogP contribution in [-0.2, 0) is 9.53 Å². The van der Waals surface area contributed by atoms with Crippen molar-refractivity contribution < 1.29 is 13.9 Å². The number of carbonyl (C=O) groups excluding carboxylic acids is 1. The van der Waals surface area contributed by atoms with E-state index in [1.54, 1.807) is 23.7 Å². The van der Waals surface area contributed by atoms with Gasteiger partial charge in [0, 0.05) is 11.0 Å². The van der Waals surface area contributed by atoms with Crippen LogP contribution in [-0.4, -0.2) is 13.1 Å². The van der Waals surface area contributed by atoms with E-state index in [0.717, 1.165) is 15.5 Å². The summed E-state index contributed by atoms with van der Waals surface area (Å²) in [4.78, 5) is 12.9. The maximum absolute atomic E-state index is 10.9. The van der Waals surface area contributed by atoms with E-state index in [1.807, 2.05) is 24.3 Å². The number of carbonyl (C=O) groups is 1. The van der Waals surface area contributed by atoms with Crippen molar-refractivity contribution in [3.05, 3.63) is 41.5 Å². The lowest BCUT2D eigenvalue weighted by Gasteiger charge is -1.89. The van der Waals surface area contributed by atoms with Gasteiger partial charge in [-0.25, -0.2) is 4.79 Å². The molecule has 0 saturated heterocycles. The highest BCUT2D eigenvalue weighted by atomic mass is 32.1. The van der Waals surface area contributed by atoms with Crippen molar-refractivity contribution in [3.63, 3.8) is 0 Å².